The van der Waals surface area contributed by atoms with Crippen LogP contribution in [0.3, 0.4) is 0 Å². The first-order chi connectivity index (χ1) is 7.97. The second kappa shape index (κ2) is 4.69. The zero-order valence-corrected chi connectivity index (χ0v) is 10.1. The monoisotopic (exact) mass is 279 g/mol. The molecule has 17 heavy (non-hydrogen) atoms. The van der Waals surface area contributed by atoms with Crippen LogP contribution in [0.4, 0.5) is 13.2 Å². The largest absolute Gasteiger partial charge is 0.441 e. The van der Waals surface area contributed by atoms with Crippen LogP contribution in [-0.4, -0.2) is 25.8 Å². The molecule has 1 N–H and O–H groups in total. The summed E-state index contributed by atoms with van der Waals surface area (Å²) in [6, 6.07) is 3.52. The number of alkyl halides is 3. The molecule has 2 aromatic rings. The topological polar surface area (TPSA) is 33.6 Å². The van der Waals surface area contributed by atoms with E-state index in [9.17, 15) is 13.2 Å². The van der Waals surface area contributed by atoms with E-state index in [-0.39, 0.29) is 24.1 Å². The van der Waals surface area contributed by atoms with Gasteiger partial charge >= 0.3 is 5.51 Å². The molecule has 0 saturated carbocycles. The summed E-state index contributed by atoms with van der Waals surface area (Å²) in [5.74, 6) is -0.0820. The van der Waals surface area contributed by atoms with Crippen molar-refractivity contribution >= 4 is 35.1 Å². The zero-order chi connectivity index (χ0) is 12.5. The van der Waals surface area contributed by atoms with Gasteiger partial charge in [0.25, 0.3) is 0 Å². The van der Waals surface area contributed by atoms with Gasteiger partial charge in [-0.1, -0.05) is 0 Å². The minimum absolute atomic E-state index is 0.0597. The van der Waals surface area contributed by atoms with E-state index in [2.05, 4.69) is 9.97 Å². The maximum atomic E-state index is 12.0. The van der Waals surface area contributed by atoms with Crippen LogP contribution >= 0.6 is 24.0 Å². The number of hydrogen-bond acceptors (Lipinski definition) is 3. The van der Waals surface area contributed by atoms with Crippen molar-refractivity contribution in [2.24, 2.45) is 0 Å². The Bertz CT molecular complexity index is 573. The smallest absolute Gasteiger partial charge is 0.329 e. The third-order valence-electron chi connectivity index (χ3n) is 2.11. The van der Waals surface area contributed by atoms with Crippen molar-refractivity contribution in [3.8, 4) is 0 Å². The van der Waals surface area contributed by atoms with Crippen molar-refractivity contribution in [1.29, 1.82) is 0 Å². The van der Waals surface area contributed by atoms with E-state index in [4.69, 9.17) is 12.2 Å². The van der Waals surface area contributed by atoms with Crippen LogP contribution in [-0.2, 0) is 6.54 Å². The quantitative estimate of drug-likeness (QED) is 0.875. The third-order valence-corrected chi connectivity index (χ3v) is 3.15. The predicted molar refractivity (Wildman–Crippen MR) is 63.4 cm³/mol. The highest BCUT2D eigenvalue weighted by Gasteiger charge is 2.27. The molecule has 3 nitrogen and oxygen atoms in total. The molecule has 0 spiro atoms. The Morgan fingerprint density at radius 3 is 2.94 bits per heavy atom. The Morgan fingerprint density at radius 2 is 2.24 bits per heavy atom. The molecule has 0 aliphatic carbocycles. The molecule has 8 heteroatoms. The second-order valence-electron chi connectivity index (χ2n) is 3.25. The van der Waals surface area contributed by atoms with Crippen LogP contribution in [0.25, 0.3) is 11.2 Å². The summed E-state index contributed by atoms with van der Waals surface area (Å²) in [5.41, 5.74) is -2.89. The molecule has 0 unspecified atom stereocenters. The van der Waals surface area contributed by atoms with Crippen molar-refractivity contribution in [2.75, 3.05) is 5.75 Å². The van der Waals surface area contributed by atoms with Gasteiger partial charge in [-0.05, 0) is 36.1 Å². The van der Waals surface area contributed by atoms with E-state index in [1.165, 1.54) is 0 Å². The third kappa shape index (κ3) is 3.01. The molecule has 2 heterocycles. The summed E-state index contributed by atoms with van der Waals surface area (Å²) >= 11 is 4.98. The van der Waals surface area contributed by atoms with Crippen LogP contribution in [0.15, 0.2) is 18.3 Å². The lowest BCUT2D eigenvalue weighted by Crippen LogP contribution is -2.07. The Morgan fingerprint density at radius 1 is 1.47 bits per heavy atom. The number of fused-ring (bicyclic) bond motifs is 1. The van der Waals surface area contributed by atoms with Crippen LogP contribution < -0.4 is 0 Å². The van der Waals surface area contributed by atoms with E-state index in [1.807, 2.05) is 0 Å². The highest BCUT2D eigenvalue weighted by molar-refractivity contribution is 8.00. The van der Waals surface area contributed by atoms with E-state index in [0.29, 0.717) is 10.4 Å². The van der Waals surface area contributed by atoms with Crippen molar-refractivity contribution in [3.63, 3.8) is 0 Å². The van der Waals surface area contributed by atoms with Gasteiger partial charge in [-0.3, -0.25) is 0 Å². The minimum atomic E-state index is -4.21. The minimum Gasteiger partial charge on any atom is -0.329 e. The molecular weight excluding hydrogens is 271 g/mol. The Hall–Kier alpha value is -1.02. The fraction of sp³-hybridized carbons (Fsp3) is 0.333. The molecule has 0 saturated heterocycles. The molecular formula is C9H8F3N3S2. The van der Waals surface area contributed by atoms with Crippen LogP contribution in [0.5, 0.6) is 0 Å². The van der Waals surface area contributed by atoms with Gasteiger partial charge in [0.05, 0.1) is 5.52 Å². The van der Waals surface area contributed by atoms with Gasteiger partial charge in [-0.15, -0.1) is 0 Å². The number of hydrogen-bond donors (Lipinski definition) is 1. The summed E-state index contributed by atoms with van der Waals surface area (Å²) < 4.78 is 38.0. The number of aromatic amines is 1. The fourth-order valence-corrected chi connectivity index (χ4v) is 2.24. The van der Waals surface area contributed by atoms with Crippen molar-refractivity contribution in [2.45, 2.75) is 12.1 Å². The molecule has 2 aromatic heterocycles. The molecule has 0 aromatic carbocycles. The average Bonchev–Trinajstić information content (AvgIpc) is 2.54. The lowest BCUT2D eigenvalue weighted by molar-refractivity contribution is -0.0328. The highest BCUT2D eigenvalue weighted by atomic mass is 32.2. The molecule has 2 rings (SSSR count). The van der Waals surface area contributed by atoms with Crippen LogP contribution in [0, 0.1) is 4.77 Å². The summed E-state index contributed by atoms with van der Waals surface area (Å²) in [7, 11) is 0. The molecule has 0 atom stereocenters. The van der Waals surface area contributed by atoms with Gasteiger partial charge in [0.15, 0.2) is 10.4 Å². The van der Waals surface area contributed by atoms with E-state index >= 15 is 0 Å². The predicted octanol–water partition coefficient (Wildman–Crippen LogP) is 3.35. The van der Waals surface area contributed by atoms with Gasteiger partial charge in [-0.2, -0.15) is 13.2 Å². The number of H-pyrrole nitrogens is 1. The maximum absolute atomic E-state index is 12.0. The van der Waals surface area contributed by atoms with E-state index in [0.717, 1.165) is 5.52 Å². The lowest BCUT2D eigenvalue weighted by Gasteiger charge is -2.06. The summed E-state index contributed by atoms with van der Waals surface area (Å²) in [4.78, 5) is 6.99. The van der Waals surface area contributed by atoms with Crippen molar-refractivity contribution in [1.82, 2.24) is 14.5 Å². The summed E-state index contributed by atoms with van der Waals surface area (Å²) in [6.07, 6.45) is 1.58. The number of nitrogens with zero attached hydrogens (tertiary/aromatic N) is 2. The SMILES string of the molecule is FC(F)(F)SCCn1c(=S)[nH]c2cccnc21. The standard InChI is InChI=1S/C9H8F3N3S2/c10-9(11,12)17-5-4-15-7-6(14-8(15)16)2-1-3-13-7/h1-3H,4-5H2,(H,14,16). The number of thioether (sulfide) groups is 1. The molecule has 0 aliphatic heterocycles. The average molecular weight is 279 g/mol. The van der Waals surface area contributed by atoms with Crippen molar-refractivity contribution in [3.05, 3.63) is 23.1 Å². The number of rotatable bonds is 3. The Balaban J connectivity index is 2.19. The molecule has 0 radical (unpaired) electrons. The normalized spacial score (nSPS) is 12.2. The van der Waals surface area contributed by atoms with E-state index < -0.39 is 5.51 Å². The zero-order valence-electron chi connectivity index (χ0n) is 8.49. The van der Waals surface area contributed by atoms with Crippen LogP contribution in [0.1, 0.15) is 0 Å². The van der Waals surface area contributed by atoms with Gasteiger partial charge in [0.2, 0.25) is 0 Å². The van der Waals surface area contributed by atoms with Crippen LogP contribution in [0.2, 0.25) is 0 Å². The first-order valence-corrected chi connectivity index (χ1v) is 6.11. The number of aromatic nitrogens is 3. The molecule has 0 amide bonds. The Kier molecular flexibility index (Phi) is 3.43. The van der Waals surface area contributed by atoms with Crippen molar-refractivity contribution < 1.29 is 13.2 Å². The fourth-order valence-electron chi connectivity index (χ4n) is 1.45. The van der Waals surface area contributed by atoms with Gasteiger partial charge < -0.3 is 9.55 Å². The highest BCUT2D eigenvalue weighted by Crippen LogP contribution is 2.30. The second-order valence-corrected chi connectivity index (χ2v) is 4.80. The molecule has 0 bridgehead atoms. The summed E-state index contributed by atoms with van der Waals surface area (Å²) in [5, 5.41) is 0. The molecule has 0 fully saturated rings. The molecule has 0 aliphatic rings. The first kappa shape index (κ1) is 12.4. The number of nitrogens with one attached hydrogen (secondary N) is 1. The maximum Gasteiger partial charge on any atom is 0.441 e. The van der Waals surface area contributed by atoms with Gasteiger partial charge in [0, 0.05) is 18.5 Å². The number of halogens is 3. The van der Waals surface area contributed by atoms with Gasteiger partial charge in [0.1, 0.15) is 0 Å². The first-order valence-electron chi connectivity index (χ1n) is 4.71. The number of imidazole rings is 1. The Labute approximate surface area is 104 Å². The number of aryl methyl sites for hydroxylation is 1. The lowest BCUT2D eigenvalue weighted by atomic mass is 10.4. The summed E-state index contributed by atoms with van der Waals surface area (Å²) in [6.45, 7) is 0.181. The van der Waals surface area contributed by atoms with E-state index in [1.54, 1.807) is 22.9 Å². The number of pyridine rings is 1. The molecule has 92 valence electrons. The van der Waals surface area contributed by atoms with Gasteiger partial charge in [-0.25, -0.2) is 4.98 Å².